The minimum absolute atomic E-state index is 0.394. The summed E-state index contributed by atoms with van der Waals surface area (Å²) in [5.74, 6) is 0.398. The quantitative estimate of drug-likeness (QED) is 0.561. The summed E-state index contributed by atoms with van der Waals surface area (Å²) in [6.45, 7) is 0. The lowest BCUT2D eigenvalue weighted by atomic mass is 10.0. The number of pyridine rings is 2. The summed E-state index contributed by atoms with van der Waals surface area (Å²) in [6, 6.07) is 15.6. The van der Waals surface area contributed by atoms with Gasteiger partial charge in [-0.2, -0.15) is 0 Å². The van der Waals surface area contributed by atoms with Crippen LogP contribution in [0.1, 0.15) is 0 Å². The Balaban J connectivity index is 2.07. The Hall–Kier alpha value is -3.05. The zero-order valence-corrected chi connectivity index (χ0v) is 13.3. The number of nitrogen functional groups attached to an aromatic ring is 1. The number of anilines is 1. The van der Waals surface area contributed by atoms with Crippen molar-refractivity contribution in [2.24, 2.45) is 0 Å². The molecule has 0 bridgehead atoms. The summed E-state index contributed by atoms with van der Waals surface area (Å²) in [7, 11) is 0. The van der Waals surface area contributed by atoms with Crippen LogP contribution < -0.4 is 5.73 Å². The van der Waals surface area contributed by atoms with Gasteiger partial charge in [-0.25, -0.2) is 19.9 Å². The fraction of sp³-hybridized carbons (Fsp3) is 0. The number of benzene rings is 1. The number of hydrogen-bond acceptors (Lipinski definition) is 5. The van der Waals surface area contributed by atoms with Crippen LogP contribution in [-0.2, 0) is 0 Å². The van der Waals surface area contributed by atoms with Crippen molar-refractivity contribution in [3.05, 3.63) is 66.2 Å². The third-order valence-electron chi connectivity index (χ3n) is 3.75. The van der Waals surface area contributed by atoms with Gasteiger partial charge in [0.2, 0.25) is 0 Å². The lowest BCUT2D eigenvalue weighted by Crippen LogP contribution is -1.99. The summed E-state index contributed by atoms with van der Waals surface area (Å²) < 4.78 is 0. The number of rotatable bonds is 2. The summed E-state index contributed by atoms with van der Waals surface area (Å²) in [4.78, 5) is 17.1. The zero-order valence-electron chi connectivity index (χ0n) is 12.5. The van der Waals surface area contributed by atoms with E-state index >= 15 is 0 Å². The first-order valence-corrected chi connectivity index (χ1v) is 7.69. The summed E-state index contributed by atoms with van der Waals surface area (Å²) in [5, 5.41) is 1.12. The maximum absolute atomic E-state index is 6.23. The topological polar surface area (TPSA) is 77.6 Å². The van der Waals surface area contributed by atoms with Gasteiger partial charge in [0.25, 0.3) is 0 Å². The van der Waals surface area contributed by atoms with E-state index in [-0.39, 0.29) is 0 Å². The van der Waals surface area contributed by atoms with Gasteiger partial charge in [-0.15, -0.1) is 0 Å². The fourth-order valence-corrected chi connectivity index (χ4v) is 2.86. The highest BCUT2D eigenvalue weighted by Crippen LogP contribution is 2.34. The van der Waals surface area contributed by atoms with Crippen LogP contribution in [0.3, 0.4) is 0 Å². The second kappa shape index (κ2) is 5.86. The molecular formula is C18H12ClN5. The Labute approximate surface area is 143 Å². The van der Waals surface area contributed by atoms with Gasteiger partial charge in [0, 0.05) is 11.8 Å². The van der Waals surface area contributed by atoms with Crippen molar-refractivity contribution in [1.29, 1.82) is 0 Å². The Morgan fingerprint density at radius 3 is 2.50 bits per heavy atom. The summed E-state index contributed by atoms with van der Waals surface area (Å²) >= 11 is 6.23. The molecule has 6 heteroatoms. The van der Waals surface area contributed by atoms with Crippen molar-refractivity contribution < 1.29 is 0 Å². The zero-order chi connectivity index (χ0) is 16.5. The molecule has 0 saturated heterocycles. The van der Waals surface area contributed by atoms with E-state index < -0.39 is 0 Å². The largest absolute Gasteiger partial charge is 0.383 e. The summed E-state index contributed by atoms with van der Waals surface area (Å²) in [6.07, 6.45) is 3.05. The lowest BCUT2D eigenvalue weighted by Gasteiger charge is -2.11. The number of aromatic nitrogens is 4. The van der Waals surface area contributed by atoms with Crippen molar-refractivity contribution in [2.75, 3.05) is 5.73 Å². The van der Waals surface area contributed by atoms with Crippen molar-refractivity contribution in [3.63, 3.8) is 0 Å². The van der Waals surface area contributed by atoms with Crippen molar-refractivity contribution in [2.45, 2.75) is 0 Å². The molecule has 0 spiro atoms. The average molecular weight is 334 g/mol. The second-order valence-electron chi connectivity index (χ2n) is 5.22. The van der Waals surface area contributed by atoms with E-state index in [1.807, 2.05) is 48.5 Å². The van der Waals surface area contributed by atoms with E-state index in [9.17, 15) is 0 Å². The molecule has 4 aromatic rings. The summed E-state index contributed by atoms with van der Waals surface area (Å²) in [5.41, 5.74) is 9.97. The maximum atomic E-state index is 6.23. The minimum atomic E-state index is 0.394. The first-order valence-electron chi connectivity index (χ1n) is 7.31. The monoisotopic (exact) mass is 333 g/mol. The van der Waals surface area contributed by atoms with Crippen LogP contribution in [0.25, 0.3) is 33.4 Å². The van der Waals surface area contributed by atoms with Crippen LogP contribution in [0.2, 0.25) is 5.15 Å². The van der Waals surface area contributed by atoms with Gasteiger partial charge in [-0.05, 0) is 29.3 Å². The van der Waals surface area contributed by atoms with Crippen LogP contribution >= 0.6 is 11.6 Å². The molecule has 0 unspecified atom stereocenters. The first-order chi connectivity index (χ1) is 11.7. The maximum Gasteiger partial charge on any atom is 0.165 e. The smallest absolute Gasteiger partial charge is 0.165 e. The number of nitrogens with two attached hydrogens (primary N) is 1. The molecule has 2 N–H and O–H groups in total. The molecule has 1 aromatic carbocycles. The van der Waals surface area contributed by atoms with Crippen LogP contribution in [0.5, 0.6) is 0 Å². The molecule has 0 amide bonds. The predicted octanol–water partition coefficient (Wildman–Crippen LogP) is 3.99. The van der Waals surface area contributed by atoms with Gasteiger partial charge >= 0.3 is 0 Å². The van der Waals surface area contributed by atoms with E-state index in [4.69, 9.17) is 17.3 Å². The van der Waals surface area contributed by atoms with E-state index in [0.29, 0.717) is 22.3 Å². The number of hydrogen-bond donors (Lipinski definition) is 1. The highest BCUT2D eigenvalue weighted by molar-refractivity contribution is 6.32. The Kier molecular flexibility index (Phi) is 3.55. The molecule has 0 aliphatic heterocycles. The minimum Gasteiger partial charge on any atom is -0.383 e. The normalized spacial score (nSPS) is 10.9. The molecule has 0 saturated carbocycles. The van der Waals surface area contributed by atoms with Gasteiger partial charge in [-0.1, -0.05) is 41.9 Å². The lowest BCUT2D eigenvalue weighted by molar-refractivity contribution is 1.19. The van der Waals surface area contributed by atoms with Crippen LogP contribution in [0.4, 0.5) is 5.82 Å². The third kappa shape index (κ3) is 2.45. The number of halogens is 1. The molecule has 3 heterocycles. The SMILES string of the molecule is Nc1ncnc2nc(-c3cccnc3Cl)cc(-c3ccccc3)c12. The number of fused-ring (bicyclic) bond motifs is 1. The Morgan fingerprint density at radius 1 is 0.875 bits per heavy atom. The molecule has 4 rings (SSSR count). The Morgan fingerprint density at radius 2 is 1.71 bits per heavy atom. The first kappa shape index (κ1) is 14.5. The standard InChI is InChI=1S/C18H12ClN5/c19-16-12(7-4-8-21-16)14-9-13(11-5-2-1-3-6-11)15-17(20)22-10-23-18(15)24-14/h1-10H,(H2,20,22,23,24). The van der Waals surface area contributed by atoms with Crippen LogP contribution in [0, 0.1) is 0 Å². The molecule has 3 aromatic heterocycles. The van der Waals surface area contributed by atoms with E-state index in [1.54, 1.807) is 6.20 Å². The van der Waals surface area contributed by atoms with Crippen LogP contribution in [-0.4, -0.2) is 19.9 Å². The molecular weight excluding hydrogens is 322 g/mol. The predicted molar refractivity (Wildman–Crippen MR) is 95.4 cm³/mol. The highest BCUT2D eigenvalue weighted by Gasteiger charge is 2.15. The van der Waals surface area contributed by atoms with E-state index in [1.165, 1.54) is 6.33 Å². The number of nitrogens with zero attached hydrogens (tertiary/aromatic N) is 4. The molecule has 24 heavy (non-hydrogen) atoms. The van der Waals surface area contributed by atoms with Crippen LogP contribution in [0.15, 0.2) is 61.1 Å². The van der Waals surface area contributed by atoms with Crippen molar-refractivity contribution >= 4 is 28.5 Å². The van der Waals surface area contributed by atoms with Gasteiger partial charge in [0.15, 0.2) is 5.65 Å². The average Bonchev–Trinajstić information content (AvgIpc) is 2.62. The second-order valence-corrected chi connectivity index (χ2v) is 5.58. The van der Waals surface area contributed by atoms with Gasteiger partial charge in [0.1, 0.15) is 17.3 Å². The van der Waals surface area contributed by atoms with Crippen molar-refractivity contribution in [1.82, 2.24) is 19.9 Å². The molecule has 0 radical (unpaired) electrons. The van der Waals surface area contributed by atoms with E-state index in [0.717, 1.165) is 22.1 Å². The molecule has 116 valence electrons. The molecule has 0 atom stereocenters. The molecule has 5 nitrogen and oxygen atoms in total. The highest BCUT2D eigenvalue weighted by atomic mass is 35.5. The van der Waals surface area contributed by atoms with E-state index in [2.05, 4.69) is 19.9 Å². The molecule has 0 aliphatic carbocycles. The van der Waals surface area contributed by atoms with Gasteiger partial charge < -0.3 is 5.73 Å². The van der Waals surface area contributed by atoms with Gasteiger partial charge in [-0.3, -0.25) is 0 Å². The van der Waals surface area contributed by atoms with Gasteiger partial charge in [0.05, 0.1) is 11.1 Å². The molecule has 0 fully saturated rings. The van der Waals surface area contributed by atoms with Crippen molar-refractivity contribution in [3.8, 4) is 22.4 Å². The Bertz CT molecular complexity index is 1030. The fourth-order valence-electron chi connectivity index (χ4n) is 2.65. The molecule has 0 aliphatic rings. The third-order valence-corrected chi connectivity index (χ3v) is 4.05.